The van der Waals surface area contributed by atoms with Gasteiger partial charge in [-0.15, -0.1) is 0 Å². The molecule has 3 aromatic rings. The molecule has 1 aromatic heterocycles. The zero-order valence-electron chi connectivity index (χ0n) is 18.1. The van der Waals surface area contributed by atoms with Gasteiger partial charge >= 0.3 is 0 Å². The predicted octanol–water partition coefficient (Wildman–Crippen LogP) is 5.28. The van der Waals surface area contributed by atoms with Gasteiger partial charge in [-0.25, -0.2) is 9.97 Å². The number of aromatic nitrogens is 2. The number of anilines is 1. The summed E-state index contributed by atoms with van der Waals surface area (Å²) in [7, 11) is 0. The molecule has 2 aromatic carbocycles. The lowest BCUT2D eigenvalue weighted by atomic mass is 9.94. The third-order valence-corrected chi connectivity index (χ3v) is 6.68. The number of likely N-dealkylation sites (tertiary alicyclic amines) is 1. The second-order valence-electron chi connectivity index (χ2n) is 8.62. The number of halogens is 1. The average molecular weight is 447 g/mol. The van der Waals surface area contributed by atoms with Crippen molar-refractivity contribution >= 4 is 23.2 Å². The highest BCUT2D eigenvalue weighted by Crippen LogP contribution is 2.29. The van der Waals surface area contributed by atoms with Gasteiger partial charge in [0.25, 0.3) is 0 Å². The summed E-state index contributed by atoms with van der Waals surface area (Å²) in [5.74, 6) is 0.832. The lowest BCUT2D eigenvalue weighted by Gasteiger charge is -2.26. The van der Waals surface area contributed by atoms with Crippen molar-refractivity contribution < 1.29 is 4.79 Å². The summed E-state index contributed by atoms with van der Waals surface area (Å²) in [5, 5.41) is 3.71. The SMILES string of the molecule is O=C(Nc1ccc(Cl)cc1)C1CCCN1Cc1nc(-c2ccccc2)nc2c1CCCC2. The highest BCUT2D eigenvalue weighted by atomic mass is 35.5. The van der Waals surface area contributed by atoms with Gasteiger partial charge < -0.3 is 5.32 Å². The van der Waals surface area contributed by atoms with Gasteiger partial charge in [0, 0.05) is 28.5 Å². The highest BCUT2D eigenvalue weighted by molar-refractivity contribution is 6.30. The van der Waals surface area contributed by atoms with E-state index >= 15 is 0 Å². The Labute approximate surface area is 193 Å². The molecule has 1 saturated heterocycles. The van der Waals surface area contributed by atoms with E-state index in [1.165, 1.54) is 24.1 Å². The summed E-state index contributed by atoms with van der Waals surface area (Å²) in [4.78, 5) is 25.3. The fourth-order valence-electron chi connectivity index (χ4n) is 4.78. The van der Waals surface area contributed by atoms with E-state index in [1.54, 1.807) is 12.1 Å². The number of fused-ring (bicyclic) bond motifs is 1. The van der Waals surface area contributed by atoms with Crippen molar-refractivity contribution in [1.82, 2.24) is 14.9 Å². The lowest BCUT2D eigenvalue weighted by molar-refractivity contribution is -0.120. The molecule has 0 saturated carbocycles. The van der Waals surface area contributed by atoms with Crippen LogP contribution in [0, 0.1) is 0 Å². The Hall–Kier alpha value is -2.76. The number of hydrogen-bond donors (Lipinski definition) is 1. The van der Waals surface area contributed by atoms with Crippen LogP contribution in [0.2, 0.25) is 5.02 Å². The molecule has 1 atom stereocenters. The van der Waals surface area contributed by atoms with Crippen molar-refractivity contribution in [2.24, 2.45) is 0 Å². The highest BCUT2D eigenvalue weighted by Gasteiger charge is 2.32. The molecule has 164 valence electrons. The molecule has 0 bridgehead atoms. The second kappa shape index (κ2) is 9.39. The Morgan fingerprint density at radius 1 is 1.00 bits per heavy atom. The smallest absolute Gasteiger partial charge is 0.241 e. The molecular weight excluding hydrogens is 420 g/mol. The predicted molar refractivity (Wildman–Crippen MR) is 128 cm³/mol. The van der Waals surface area contributed by atoms with Crippen LogP contribution >= 0.6 is 11.6 Å². The molecule has 1 amide bonds. The van der Waals surface area contributed by atoms with Crippen molar-refractivity contribution in [3.8, 4) is 11.4 Å². The summed E-state index contributed by atoms with van der Waals surface area (Å²) >= 11 is 5.97. The van der Waals surface area contributed by atoms with Crippen LogP contribution in [-0.4, -0.2) is 33.4 Å². The molecule has 6 heteroatoms. The normalized spacial score (nSPS) is 18.3. The van der Waals surface area contributed by atoms with E-state index in [1.807, 2.05) is 30.3 Å². The largest absolute Gasteiger partial charge is 0.325 e. The molecule has 0 radical (unpaired) electrons. The van der Waals surface area contributed by atoms with Gasteiger partial charge in [-0.2, -0.15) is 0 Å². The number of carbonyl (C=O) groups is 1. The fourth-order valence-corrected chi connectivity index (χ4v) is 4.91. The number of benzene rings is 2. The lowest BCUT2D eigenvalue weighted by Crippen LogP contribution is -2.39. The molecule has 5 rings (SSSR count). The number of nitrogens with one attached hydrogen (secondary N) is 1. The monoisotopic (exact) mass is 446 g/mol. The summed E-state index contributed by atoms with van der Waals surface area (Å²) in [6, 6.07) is 17.3. The third kappa shape index (κ3) is 4.54. The first-order valence-electron chi connectivity index (χ1n) is 11.4. The maximum absolute atomic E-state index is 13.1. The number of hydrogen-bond acceptors (Lipinski definition) is 4. The van der Waals surface area contributed by atoms with E-state index in [0.717, 1.165) is 55.0 Å². The summed E-state index contributed by atoms with van der Waals surface area (Å²) in [5.41, 5.74) is 5.37. The first-order valence-corrected chi connectivity index (χ1v) is 11.8. The van der Waals surface area contributed by atoms with Gasteiger partial charge in [0.05, 0.1) is 11.7 Å². The van der Waals surface area contributed by atoms with Crippen LogP contribution in [-0.2, 0) is 24.2 Å². The van der Waals surface area contributed by atoms with Crippen molar-refractivity contribution in [3.05, 3.63) is 76.6 Å². The van der Waals surface area contributed by atoms with E-state index in [0.29, 0.717) is 11.6 Å². The maximum atomic E-state index is 13.1. The van der Waals surface area contributed by atoms with Crippen molar-refractivity contribution in [2.45, 2.75) is 51.1 Å². The van der Waals surface area contributed by atoms with Crippen LogP contribution in [0.4, 0.5) is 5.69 Å². The quantitative estimate of drug-likeness (QED) is 0.579. The molecule has 2 heterocycles. The molecule has 32 heavy (non-hydrogen) atoms. The molecule has 1 N–H and O–H groups in total. The van der Waals surface area contributed by atoms with Gasteiger partial charge in [0.15, 0.2) is 5.82 Å². The van der Waals surface area contributed by atoms with Gasteiger partial charge in [-0.05, 0) is 74.9 Å². The molecule has 1 aliphatic heterocycles. The molecular formula is C26H27ClN4O. The van der Waals surface area contributed by atoms with Crippen LogP contribution in [0.25, 0.3) is 11.4 Å². The Bertz CT molecular complexity index is 1100. The van der Waals surface area contributed by atoms with E-state index in [2.05, 4.69) is 22.3 Å². The molecule has 5 nitrogen and oxygen atoms in total. The summed E-state index contributed by atoms with van der Waals surface area (Å²) in [6.07, 6.45) is 6.25. The van der Waals surface area contributed by atoms with E-state index in [4.69, 9.17) is 21.6 Å². The standard InChI is InChI=1S/C26H27ClN4O/c27-19-12-14-20(15-13-19)28-26(32)24-11-6-16-31(24)17-23-21-9-4-5-10-22(21)29-25(30-23)18-7-2-1-3-8-18/h1-3,7-8,12-15,24H,4-6,9-11,16-17H2,(H,28,32). The number of amides is 1. The Balaban J connectivity index is 1.39. The van der Waals surface area contributed by atoms with Crippen LogP contribution < -0.4 is 5.32 Å². The molecule has 1 unspecified atom stereocenters. The van der Waals surface area contributed by atoms with Crippen molar-refractivity contribution in [1.29, 1.82) is 0 Å². The number of aryl methyl sites for hydroxylation is 1. The number of rotatable bonds is 5. The van der Waals surface area contributed by atoms with Gasteiger partial charge in [-0.3, -0.25) is 9.69 Å². The fraction of sp³-hybridized carbons (Fsp3) is 0.346. The summed E-state index contributed by atoms with van der Waals surface area (Å²) < 4.78 is 0. The molecule has 1 fully saturated rings. The third-order valence-electron chi connectivity index (χ3n) is 6.43. The Morgan fingerprint density at radius 2 is 1.78 bits per heavy atom. The van der Waals surface area contributed by atoms with Gasteiger partial charge in [-0.1, -0.05) is 41.9 Å². The van der Waals surface area contributed by atoms with E-state index in [-0.39, 0.29) is 11.9 Å². The average Bonchev–Trinajstić information content (AvgIpc) is 3.29. The van der Waals surface area contributed by atoms with E-state index in [9.17, 15) is 4.79 Å². The molecule has 0 spiro atoms. The minimum absolute atomic E-state index is 0.0380. The van der Waals surface area contributed by atoms with Crippen molar-refractivity contribution in [3.63, 3.8) is 0 Å². The first kappa shape index (κ1) is 21.1. The minimum atomic E-state index is -0.153. The Morgan fingerprint density at radius 3 is 2.59 bits per heavy atom. The minimum Gasteiger partial charge on any atom is -0.325 e. The molecule has 1 aliphatic carbocycles. The van der Waals surface area contributed by atoms with Crippen LogP contribution in [0.5, 0.6) is 0 Å². The maximum Gasteiger partial charge on any atom is 0.241 e. The van der Waals surface area contributed by atoms with Crippen LogP contribution in [0.3, 0.4) is 0 Å². The van der Waals surface area contributed by atoms with Gasteiger partial charge in [0.1, 0.15) is 0 Å². The second-order valence-corrected chi connectivity index (χ2v) is 9.05. The van der Waals surface area contributed by atoms with Gasteiger partial charge in [0.2, 0.25) is 5.91 Å². The van der Waals surface area contributed by atoms with Crippen LogP contribution in [0.1, 0.15) is 42.6 Å². The van der Waals surface area contributed by atoms with Crippen LogP contribution in [0.15, 0.2) is 54.6 Å². The topological polar surface area (TPSA) is 58.1 Å². The number of nitrogens with zero attached hydrogens (tertiary/aromatic N) is 3. The molecule has 2 aliphatic rings. The summed E-state index contributed by atoms with van der Waals surface area (Å²) in [6.45, 7) is 1.58. The zero-order valence-corrected chi connectivity index (χ0v) is 18.8. The van der Waals surface area contributed by atoms with E-state index < -0.39 is 0 Å². The number of carbonyl (C=O) groups excluding carboxylic acids is 1. The first-order chi connectivity index (χ1) is 15.7. The zero-order chi connectivity index (χ0) is 21.9. The van der Waals surface area contributed by atoms with Crippen molar-refractivity contribution in [2.75, 3.05) is 11.9 Å². The Kier molecular flexibility index (Phi) is 6.19.